The predicted octanol–water partition coefficient (Wildman–Crippen LogP) is 4.86. The number of aromatic hydroxyl groups is 1. The molecule has 4 aromatic heterocycles. The van der Waals surface area contributed by atoms with Gasteiger partial charge in [-0.05, 0) is 51.0 Å². The first kappa shape index (κ1) is 21.4. The van der Waals surface area contributed by atoms with Gasteiger partial charge in [0.05, 0.1) is 5.69 Å². The Morgan fingerprint density at radius 3 is 2.49 bits per heavy atom. The van der Waals surface area contributed by atoms with Gasteiger partial charge in [0.2, 0.25) is 5.82 Å². The summed E-state index contributed by atoms with van der Waals surface area (Å²) in [6.45, 7) is 0. The molecule has 0 saturated carbocycles. The molecule has 0 aliphatic carbocycles. The third-order valence-electron chi connectivity index (χ3n) is 6.17. The van der Waals surface area contributed by atoms with Gasteiger partial charge in [0, 0.05) is 12.4 Å². The topological polar surface area (TPSA) is 61.0 Å². The number of phenolic OH excluding ortho intramolecular Hbond substituents is 1. The van der Waals surface area contributed by atoms with Gasteiger partial charge >= 0.3 is 21.1 Å². The number of para-hydroxylation sites is 4. The van der Waals surface area contributed by atoms with Gasteiger partial charge in [0.1, 0.15) is 11.6 Å². The summed E-state index contributed by atoms with van der Waals surface area (Å²) in [5.74, 6) is 1.69. The minimum Gasteiger partial charge on any atom is -0.512 e. The number of fused-ring (bicyclic) bond motifs is 5. The van der Waals surface area contributed by atoms with Crippen LogP contribution in [0.4, 0.5) is 0 Å². The molecular weight excluding hydrogens is 617 g/mol. The van der Waals surface area contributed by atoms with Gasteiger partial charge in [-0.1, -0.05) is 72.8 Å². The third kappa shape index (κ3) is 3.29. The Morgan fingerprint density at radius 1 is 0.829 bits per heavy atom. The van der Waals surface area contributed by atoms with E-state index in [1.54, 1.807) is 16.7 Å². The molecule has 4 heterocycles. The number of pyridine rings is 1. The maximum atomic E-state index is 10.2. The average molecular weight is 636 g/mol. The zero-order chi connectivity index (χ0) is 22.6. The molecule has 0 bridgehead atoms. The molecule has 35 heavy (non-hydrogen) atoms. The molecular formula is C28H18N5OPt+. The van der Waals surface area contributed by atoms with Crippen molar-refractivity contribution in [2.75, 3.05) is 0 Å². The van der Waals surface area contributed by atoms with Crippen molar-refractivity contribution in [2.45, 2.75) is 0 Å². The van der Waals surface area contributed by atoms with Gasteiger partial charge in [-0.2, -0.15) is 0 Å². The second-order valence-electron chi connectivity index (χ2n) is 8.16. The van der Waals surface area contributed by atoms with E-state index < -0.39 is 0 Å². The summed E-state index contributed by atoms with van der Waals surface area (Å²) in [6.07, 6.45) is 6.96. The van der Waals surface area contributed by atoms with Gasteiger partial charge in [-0.3, -0.25) is 0 Å². The van der Waals surface area contributed by atoms with E-state index >= 15 is 0 Å². The van der Waals surface area contributed by atoms with Crippen molar-refractivity contribution in [3.63, 3.8) is 0 Å². The molecule has 0 fully saturated rings. The number of phenols is 1. The van der Waals surface area contributed by atoms with Crippen molar-refractivity contribution in [2.24, 2.45) is 0 Å². The van der Waals surface area contributed by atoms with Crippen molar-refractivity contribution in [3.8, 4) is 23.1 Å². The van der Waals surface area contributed by atoms with Crippen LogP contribution < -0.4 is 9.55 Å². The molecule has 0 aliphatic rings. The zero-order valence-corrected chi connectivity index (χ0v) is 20.6. The summed E-state index contributed by atoms with van der Waals surface area (Å²) in [5.41, 5.74) is 3.60. The van der Waals surface area contributed by atoms with Crippen LogP contribution in [0, 0.1) is 6.33 Å². The molecule has 7 aromatic rings. The quantitative estimate of drug-likeness (QED) is 0.223. The second kappa shape index (κ2) is 8.26. The SMILES string of the molecule is Oc1ccccc1-n1[c-][n+](-c2cccc(-n3c4ccccc4c4c5ccccc5[n-]c43)n2)cc1.[Pt+2]. The van der Waals surface area contributed by atoms with Crippen LogP contribution >= 0.6 is 0 Å². The number of rotatable bonds is 3. The maximum absolute atomic E-state index is 10.2. The van der Waals surface area contributed by atoms with Crippen molar-refractivity contribution >= 4 is 32.8 Å². The molecule has 0 amide bonds. The Kier molecular flexibility index (Phi) is 5.05. The fourth-order valence-corrected chi connectivity index (χ4v) is 4.64. The van der Waals surface area contributed by atoms with Crippen LogP contribution in [0.5, 0.6) is 5.75 Å². The van der Waals surface area contributed by atoms with E-state index in [2.05, 4.69) is 41.2 Å². The number of aromatic nitrogens is 5. The normalized spacial score (nSPS) is 11.3. The minimum atomic E-state index is 0. The van der Waals surface area contributed by atoms with Crippen LogP contribution in [0.3, 0.4) is 0 Å². The van der Waals surface area contributed by atoms with Gasteiger partial charge in [-0.25, -0.2) is 0 Å². The summed E-state index contributed by atoms with van der Waals surface area (Å²) in [6, 6.07) is 29.7. The largest absolute Gasteiger partial charge is 2.00 e. The molecule has 7 rings (SSSR count). The van der Waals surface area contributed by atoms with E-state index in [1.165, 1.54) is 0 Å². The molecule has 0 atom stereocenters. The summed E-state index contributed by atoms with van der Waals surface area (Å²) in [4.78, 5) is 9.93. The number of hydrogen-bond acceptors (Lipinski definition) is 2. The molecule has 3 aromatic carbocycles. The molecule has 170 valence electrons. The van der Waals surface area contributed by atoms with Crippen LogP contribution in [0.1, 0.15) is 0 Å². The number of hydrogen-bond donors (Lipinski definition) is 1. The average Bonchev–Trinajstić information content (AvgIpc) is 3.58. The van der Waals surface area contributed by atoms with Crippen molar-refractivity contribution in [1.82, 2.24) is 19.1 Å². The monoisotopic (exact) mass is 635 g/mol. The molecule has 6 nitrogen and oxygen atoms in total. The van der Waals surface area contributed by atoms with Crippen LogP contribution in [-0.2, 0) is 21.1 Å². The molecule has 7 heteroatoms. The van der Waals surface area contributed by atoms with Crippen LogP contribution in [0.25, 0.3) is 50.2 Å². The summed E-state index contributed by atoms with van der Waals surface area (Å²) >= 11 is 0. The Bertz CT molecular complexity index is 1850. The predicted molar refractivity (Wildman–Crippen MR) is 131 cm³/mol. The first-order chi connectivity index (χ1) is 16.8. The Morgan fingerprint density at radius 2 is 1.60 bits per heavy atom. The summed E-state index contributed by atoms with van der Waals surface area (Å²) in [5, 5.41) is 13.6. The Labute approximate surface area is 215 Å². The van der Waals surface area contributed by atoms with Crippen LogP contribution in [0.2, 0.25) is 0 Å². The first-order valence-electron chi connectivity index (χ1n) is 11.0. The molecule has 0 unspecified atom stereocenters. The van der Waals surface area contributed by atoms with Crippen molar-refractivity contribution in [3.05, 3.63) is 110 Å². The number of nitrogens with zero attached hydrogens (tertiary/aromatic N) is 5. The van der Waals surface area contributed by atoms with Gasteiger partial charge in [0.25, 0.3) is 0 Å². The first-order valence-corrected chi connectivity index (χ1v) is 11.0. The molecule has 0 radical (unpaired) electrons. The van der Waals surface area contributed by atoms with E-state index in [-0.39, 0.29) is 26.8 Å². The zero-order valence-electron chi connectivity index (χ0n) is 18.3. The second-order valence-corrected chi connectivity index (χ2v) is 8.16. The van der Waals surface area contributed by atoms with E-state index in [4.69, 9.17) is 9.97 Å². The minimum absolute atomic E-state index is 0. The van der Waals surface area contributed by atoms with Crippen LogP contribution in [-0.4, -0.2) is 19.2 Å². The molecule has 0 spiro atoms. The van der Waals surface area contributed by atoms with E-state index in [1.807, 2.05) is 65.5 Å². The smallest absolute Gasteiger partial charge is 0.512 e. The van der Waals surface area contributed by atoms with Crippen molar-refractivity contribution in [1.29, 1.82) is 0 Å². The Balaban J connectivity index is 0.00000229. The van der Waals surface area contributed by atoms with Gasteiger partial charge < -0.3 is 23.8 Å². The van der Waals surface area contributed by atoms with Gasteiger partial charge in [0.15, 0.2) is 6.33 Å². The van der Waals surface area contributed by atoms with Gasteiger partial charge in [-0.15, -0.1) is 4.98 Å². The van der Waals surface area contributed by atoms with E-state index in [0.717, 1.165) is 38.7 Å². The fourth-order valence-electron chi connectivity index (χ4n) is 4.64. The third-order valence-corrected chi connectivity index (χ3v) is 6.17. The van der Waals surface area contributed by atoms with Crippen LogP contribution in [0.15, 0.2) is 103 Å². The molecule has 1 N–H and O–H groups in total. The number of imidazole rings is 1. The summed E-state index contributed by atoms with van der Waals surface area (Å²) < 4.78 is 5.68. The van der Waals surface area contributed by atoms with E-state index in [0.29, 0.717) is 11.5 Å². The maximum Gasteiger partial charge on any atom is 2.00 e. The Hall–Kier alpha value is -4.15. The standard InChI is InChI=1S/C28H18N5O.Pt/c34-24-13-6-5-12-23(24)31-16-17-32(18-31)25-14-7-15-26(30-25)33-22-11-4-2-9-20(22)27-19-8-1-3-10-21(19)29-28(27)33;/h1-17,34H;/q-1;+2. The fraction of sp³-hybridized carbons (Fsp3) is 0. The molecule has 0 saturated heterocycles. The molecule has 0 aliphatic heterocycles. The summed E-state index contributed by atoms with van der Waals surface area (Å²) in [7, 11) is 0. The van der Waals surface area contributed by atoms with Crippen molar-refractivity contribution < 1.29 is 30.7 Å². The number of benzene rings is 3. The van der Waals surface area contributed by atoms with E-state index in [9.17, 15) is 5.11 Å².